The second-order valence-corrected chi connectivity index (χ2v) is 8.41. The Hall–Kier alpha value is -3.81. The quantitative estimate of drug-likeness (QED) is 0.664. The molecule has 2 aromatic heterocycles. The van der Waals surface area contributed by atoms with Crippen LogP contribution in [0.25, 0.3) is 0 Å². The van der Waals surface area contributed by atoms with Crippen LogP contribution in [0.4, 0.5) is 5.69 Å². The van der Waals surface area contributed by atoms with E-state index < -0.39 is 0 Å². The van der Waals surface area contributed by atoms with E-state index in [1.54, 1.807) is 25.8 Å². The van der Waals surface area contributed by atoms with Crippen molar-refractivity contribution in [2.75, 3.05) is 11.9 Å². The molecule has 1 fully saturated rings. The molecule has 8 nitrogen and oxygen atoms in total. The summed E-state index contributed by atoms with van der Waals surface area (Å²) in [6.45, 7) is 5.91. The molecule has 1 aliphatic rings. The van der Waals surface area contributed by atoms with E-state index in [1.165, 1.54) is 10.8 Å². The van der Waals surface area contributed by atoms with E-state index in [4.69, 9.17) is 0 Å². The Balaban J connectivity index is 1.60. The molecular weight excluding hydrogens is 418 g/mol. The highest BCUT2D eigenvalue weighted by Gasteiger charge is 2.35. The molecule has 2 amide bonds. The SMILES string of the molecule is Cc1cc(C)n(C)c(=O)c1C(=O)N1CCC[C@H]1c1ncc(C(=O)Nc2ccccc2)c(C)n1. The summed E-state index contributed by atoms with van der Waals surface area (Å²) in [5, 5.41) is 2.84. The third kappa shape index (κ3) is 4.28. The highest BCUT2D eigenvalue weighted by molar-refractivity contribution is 6.04. The molecule has 8 heteroatoms. The van der Waals surface area contributed by atoms with E-state index >= 15 is 0 Å². The molecule has 0 saturated carbocycles. The molecule has 1 N–H and O–H groups in total. The largest absolute Gasteiger partial charge is 0.328 e. The van der Waals surface area contributed by atoms with Crippen molar-refractivity contribution in [2.24, 2.45) is 7.05 Å². The van der Waals surface area contributed by atoms with Gasteiger partial charge in [0.25, 0.3) is 17.4 Å². The minimum atomic E-state index is -0.340. The van der Waals surface area contributed by atoms with Gasteiger partial charge < -0.3 is 14.8 Å². The van der Waals surface area contributed by atoms with Crippen molar-refractivity contribution in [3.8, 4) is 0 Å². The van der Waals surface area contributed by atoms with E-state index in [-0.39, 0.29) is 29.0 Å². The number of nitrogens with zero attached hydrogens (tertiary/aromatic N) is 4. The Morgan fingerprint density at radius 1 is 1.12 bits per heavy atom. The number of benzene rings is 1. The number of rotatable bonds is 4. The molecule has 4 rings (SSSR count). The number of carbonyl (C=O) groups excluding carboxylic acids is 2. The molecule has 1 atom stereocenters. The first-order chi connectivity index (χ1) is 15.8. The van der Waals surface area contributed by atoms with Crippen molar-refractivity contribution in [1.29, 1.82) is 0 Å². The fourth-order valence-electron chi connectivity index (χ4n) is 4.25. The Kier molecular flexibility index (Phi) is 6.09. The van der Waals surface area contributed by atoms with Crippen molar-refractivity contribution >= 4 is 17.5 Å². The summed E-state index contributed by atoms with van der Waals surface area (Å²) in [4.78, 5) is 49.6. The average molecular weight is 446 g/mol. The summed E-state index contributed by atoms with van der Waals surface area (Å²) < 4.78 is 1.49. The lowest BCUT2D eigenvalue weighted by Crippen LogP contribution is -2.37. The van der Waals surface area contributed by atoms with Crippen LogP contribution < -0.4 is 10.9 Å². The first-order valence-electron chi connectivity index (χ1n) is 11.0. The predicted octanol–water partition coefficient (Wildman–Crippen LogP) is 3.33. The molecule has 0 radical (unpaired) electrons. The molecule has 33 heavy (non-hydrogen) atoms. The average Bonchev–Trinajstić information content (AvgIpc) is 3.28. The van der Waals surface area contributed by atoms with Crippen molar-refractivity contribution in [3.05, 3.63) is 86.9 Å². The van der Waals surface area contributed by atoms with Gasteiger partial charge in [-0.3, -0.25) is 14.4 Å². The smallest absolute Gasteiger partial charge is 0.263 e. The third-order valence-electron chi connectivity index (χ3n) is 6.17. The van der Waals surface area contributed by atoms with Gasteiger partial charge in [0.05, 0.1) is 17.3 Å². The number of pyridine rings is 1. The maximum absolute atomic E-state index is 13.4. The highest BCUT2D eigenvalue weighted by atomic mass is 16.2. The Morgan fingerprint density at radius 2 is 1.85 bits per heavy atom. The molecule has 170 valence electrons. The summed E-state index contributed by atoms with van der Waals surface area (Å²) in [5.41, 5.74) is 2.95. The number of hydrogen-bond acceptors (Lipinski definition) is 5. The van der Waals surface area contributed by atoms with E-state index in [0.717, 1.165) is 12.1 Å². The lowest BCUT2D eigenvalue weighted by Gasteiger charge is -2.25. The number of aromatic nitrogens is 3. The van der Waals surface area contributed by atoms with Gasteiger partial charge in [0.1, 0.15) is 5.56 Å². The van der Waals surface area contributed by atoms with Crippen LogP contribution in [0.5, 0.6) is 0 Å². The molecule has 0 unspecified atom stereocenters. The normalized spacial score (nSPS) is 15.5. The molecule has 1 aromatic carbocycles. The molecule has 0 spiro atoms. The predicted molar refractivity (Wildman–Crippen MR) is 125 cm³/mol. The maximum Gasteiger partial charge on any atom is 0.263 e. The topological polar surface area (TPSA) is 97.2 Å². The number of amides is 2. The first kappa shape index (κ1) is 22.4. The Bertz CT molecular complexity index is 1280. The van der Waals surface area contributed by atoms with Crippen LogP contribution in [-0.2, 0) is 7.05 Å². The lowest BCUT2D eigenvalue weighted by atomic mass is 10.1. The minimum Gasteiger partial charge on any atom is -0.328 e. The van der Waals surface area contributed by atoms with Crippen LogP contribution in [0.1, 0.15) is 62.4 Å². The zero-order chi connectivity index (χ0) is 23.7. The van der Waals surface area contributed by atoms with Crippen LogP contribution in [0.3, 0.4) is 0 Å². The summed E-state index contributed by atoms with van der Waals surface area (Å²) in [7, 11) is 1.67. The first-order valence-corrected chi connectivity index (χ1v) is 11.0. The van der Waals surface area contributed by atoms with Crippen molar-refractivity contribution in [3.63, 3.8) is 0 Å². The van der Waals surface area contributed by atoms with Gasteiger partial charge in [-0.1, -0.05) is 18.2 Å². The van der Waals surface area contributed by atoms with Crippen molar-refractivity contribution in [2.45, 2.75) is 39.7 Å². The molecule has 3 heterocycles. The summed E-state index contributed by atoms with van der Waals surface area (Å²) in [6.07, 6.45) is 3.00. The monoisotopic (exact) mass is 445 g/mol. The van der Waals surface area contributed by atoms with Gasteiger partial charge in [-0.2, -0.15) is 0 Å². The molecule has 1 aliphatic heterocycles. The van der Waals surface area contributed by atoms with Crippen molar-refractivity contribution in [1.82, 2.24) is 19.4 Å². The van der Waals surface area contributed by atoms with Gasteiger partial charge in [0, 0.05) is 31.2 Å². The van der Waals surface area contributed by atoms with E-state index in [0.29, 0.717) is 41.3 Å². The number of carbonyl (C=O) groups is 2. The molecule has 3 aromatic rings. The van der Waals surface area contributed by atoms with E-state index in [9.17, 15) is 14.4 Å². The third-order valence-corrected chi connectivity index (χ3v) is 6.17. The van der Waals surface area contributed by atoms with E-state index in [2.05, 4.69) is 15.3 Å². The van der Waals surface area contributed by atoms with Crippen LogP contribution in [0, 0.1) is 20.8 Å². The fourth-order valence-corrected chi connectivity index (χ4v) is 4.25. The minimum absolute atomic E-state index is 0.186. The summed E-state index contributed by atoms with van der Waals surface area (Å²) in [5.74, 6) is -0.109. The van der Waals surface area contributed by atoms with Crippen LogP contribution >= 0.6 is 0 Å². The molecule has 0 aliphatic carbocycles. The highest BCUT2D eigenvalue weighted by Crippen LogP contribution is 2.31. The number of likely N-dealkylation sites (tertiary alicyclic amines) is 1. The number of aryl methyl sites for hydroxylation is 3. The summed E-state index contributed by atoms with van der Waals surface area (Å²) in [6, 6.07) is 10.7. The van der Waals surface area contributed by atoms with Gasteiger partial charge >= 0.3 is 0 Å². The standard InChI is InChI=1S/C25H27N5O3/c1-15-13-16(2)29(4)24(32)21(15)25(33)30-12-8-11-20(30)22-26-14-19(17(3)27-22)23(31)28-18-9-6-5-7-10-18/h5-7,9-10,13-14,20H,8,11-12H2,1-4H3,(H,28,31)/t20-/m0/s1. The molecule has 1 saturated heterocycles. The van der Waals surface area contributed by atoms with Crippen molar-refractivity contribution < 1.29 is 9.59 Å². The van der Waals surface area contributed by atoms with Gasteiger partial charge in [-0.15, -0.1) is 0 Å². The second-order valence-electron chi connectivity index (χ2n) is 8.41. The molecular formula is C25H27N5O3. The number of nitrogens with one attached hydrogen (secondary N) is 1. The second kappa shape index (κ2) is 8.97. The number of para-hydroxylation sites is 1. The van der Waals surface area contributed by atoms with Gasteiger partial charge in [-0.05, 0) is 57.4 Å². The lowest BCUT2D eigenvalue weighted by molar-refractivity contribution is 0.0726. The zero-order valence-corrected chi connectivity index (χ0v) is 19.3. The summed E-state index contributed by atoms with van der Waals surface area (Å²) >= 11 is 0. The van der Waals surface area contributed by atoms with E-state index in [1.807, 2.05) is 43.3 Å². The van der Waals surface area contributed by atoms with Crippen LogP contribution in [0.2, 0.25) is 0 Å². The Morgan fingerprint density at radius 3 is 2.55 bits per heavy atom. The number of hydrogen-bond donors (Lipinski definition) is 1. The van der Waals surface area contributed by atoms with Crippen LogP contribution in [0.15, 0.2) is 47.4 Å². The van der Waals surface area contributed by atoms with Gasteiger partial charge in [0.2, 0.25) is 0 Å². The maximum atomic E-state index is 13.4. The zero-order valence-electron chi connectivity index (χ0n) is 19.3. The van der Waals surface area contributed by atoms with Crippen LogP contribution in [-0.4, -0.2) is 37.8 Å². The molecule has 0 bridgehead atoms. The Labute approximate surface area is 192 Å². The fraction of sp³-hybridized carbons (Fsp3) is 0.320. The number of anilines is 1. The van der Waals surface area contributed by atoms with Gasteiger partial charge in [0.15, 0.2) is 5.82 Å². The van der Waals surface area contributed by atoms with Gasteiger partial charge in [-0.25, -0.2) is 9.97 Å².